The van der Waals surface area contributed by atoms with Gasteiger partial charge in [0.15, 0.2) is 0 Å². The molecule has 166 valence electrons. The van der Waals surface area contributed by atoms with Crippen LogP contribution in [0, 0.1) is 5.92 Å². The van der Waals surface area contributed by atoms with Crippen molar-refractivity contribution in [3.63, 3.8) is 0 Å². The Labute approximate surface area is 178 Å². The third-order valence-electron chi connectivity index (χ3n) is 5.69. The lowest BCUT2D eigenvalue weighted by Gasteiger charge is -2.32. The van der Waals surface area contributed by atoms with Crippen molar-refractivity contribution in [2.24, 2.45) is 5.92 Å². The van der Waals surface area contributed by atoms with E-state index in [1.54, 1.807) is 11.8 Å². The minimum absolute atomic E-state index is 0.0374. The molecule has 0 aromatic heterocycles. The molecule has 2 fully saturated rings. The Morgan fingerprint density at radius 2 is 1.90 bits per heavy atom. The number of amides is 2. The van der Waals surface area contributed by atoms with E-state index in [4.69, 9.17) is 9.47 Å². The fraction of sp³-hybridized carbons (Fsp3) is 0.636. The van der Waals surface area contributed by atoms with E-state index in [2.05, 4.69) is 23.1 Å². The predicted octanol–water partition coefficient (Wildman–Crippen LogP) is 2.37. The highest BCUT2D eigenvalue weighted by molar-refractivity contribution is 5.80. The molecule has 2 unspecified atom stereocenters. The Morgan fingerprint density at radius 3 is 2.57 bits per heavy atom. The Balaban J connectivity index is 1.50. The zero-order valence-electron chi connectivity index (χ0n) is 18.0. The summed E-state index contributed by atoms with van der Waals surface area (Å²) in [6.45, 7) is 6.83. The minimum atomic E-state index is -0.270. The number of benzene rings is 1. The molecule has 2 heterocycles. The molecule has 0 bridgehead atoms. The summed E-state index contributed by atoms with van der Waals surface area (Å²) < 4.78 is 10.8. The Morgan fingerprint density at radius 1 is 1.17 bits per heavy atom. The summed E-state index contributed by atoms with van der Waals surface area (Å²) >= 11 is 0. The molecule has 1 aromatic carbocycles. The average molecular weight is 419 g/mol. The van der Waals surface area contributed by atoms with Crippen LogP contribution in [0.3, 0.4) is 0 Å². The standard InChI is InChI=1S/C22H34N4O4/c1-3-5-14-30-18-8-6-16(7-9-18)20-19(15-23-25-20)21(27)24-17-10-12-26(13-11-17)22(28)29-4-2/h6-9,17,19-20,23,25H,3-5,10-15H2,1-2H3,(H,24,27). The summed E-state index contributed by atoms with van der Waals surface area (Å²) in [6.07, 6.45) is 3.36. The molecule has 8 nitrogen and oxygen atoms in total. The molecular weight excluding hydrogens is 384 g/mol. The van der Waals surface area contributed by atoms with Gasteiger partial charge in [-0.2, -0.15) is 0 Å². The SMILES string of the molecule is CCCCOc1ccc(C2NNCC2C(=O)NC2CCN(C(=O)OCC)CC2)cc1. The number of ether oxygens (including phenoxy) is 2. The maximum absolute atomic E-state index is 12.9. The molecule has 2 saturated heterocycles. The van der Waals surface area contributed by atoms with Crippen molar-refractivity contribution in [2.45, 2.75) is 51.6 Å². The van der Waals surface area contributed by atoms with E-state index in [0.717, 1.165) is 43.6 Å². The molecule has 2 aliphatic heterocycles. The van der Waals surface area contributed by atoms with Crippen LogP contribution in [0.5, 0.6) is 5.75 Å². The largest absolute Gasteiger partial charge is 0.494 e. The predicted molar refractivity (Wildman–Crippen MR) is 114 cm³/mol. The lowest BCUT2D eigenvalue weighted by Crippen LogP contribution is -2.48. The summed E-state index contributed by atoms with van der Waals surface area (Å²) in [4.78, 5) is 26.5. The summed E-state index contributed by atoms with van der Waals surface area (Å²) in [5.74, 6) is 0.697. The summed E-state index contributed by atoms with van der Waals surface area (Å²) in [7, 11) is 0. The lowest BCUT2D eigenvalue weighted by molar-refractivity contribution is -0.125. The zero-order valence-corrected chi connectivity index (χ0v) is 18.0. The first-order valence-corrected chi connectivity index (χ1v) is 11.1. The first-order valence-electron chi connectivity index (χ1n) is 11.1. The van der Waals surface area contributed by atoms with Gasteiger partial charge in [-0.05, 0) is 43.9 Å². The molecule has 8 heteroatoms. The second-order valence-corrected chi connectivity index (χ2v) is 7.85. The fourth-order valence-corrected chi connectivity index (χ4v) is 3.89. The topological polar surface area (TPSA) is 91.9 Å². The maximum atomic E-state index is 12.9. The van der Waals surface area contributed by atoms with Gasteiger partial charge in [0.2, 0.25) is 5.91 Å². The summed E-state index contributed by atoms with van der Waals surface area (Å²) in [5.41, 5.74) is 7.40. The van der Waals surface area contributed by atoms with E-state index >= 15 is 0 Å². The van der Waals surface area contributed by atoms with Crippen LogP contribution in [0.25, 0.3) is 0 Å². The molecule has 30 heavy (non-hydrogen) atoms. The van der Waals surface area contributed by atoms with E-state index in [9.17, 15) is 9.59 Å². The Bertz CT molecular complexity index is 689. The Kier molecular flexibility index (Phi) is 8.33. The first kappa shape index (κ1) is 22.4. The first-order chi connectivity index (χ1) is 14.6. The second-order valence-electron chi connectivity index (χ2n) is 7.85. The van der Waals surface area contributed by atoms with Crippen LogP contribution in [-0.2, 0) is 9.53 Å². The van der Waals surface area contributed by atoms with Gasteiger partial charge in [0.1, 0.15) is 5.75 Å². The van der Waals surface area contributed by atoms with E-state index in [1.165, 1.54) is 0 Å². The highest BCUT2D eigenvalue weighted by Gasteiger charge is 2.35. The summed E-state index contributed by atoms with van der Waals surface area (Å²) in [6, 6.07) is 7.96. The lowest BCUT2D eigenvalue weighted by atomic mass is 9.93. The molecule has 0 saturated carbocycles. The van der Waals surface area contributed by atoms with Crippen LogP contribution in [-0.4, -0.2) is 55.8 Å². The smallest absolute Gasteiger partial charge is 0.409 e. The number of unbranched alkanes of at least 4 members (excludes halogenated alkanes) is 1. The van der Waals surface area contributed by atoms with Crippen LogP contribution in [0.15, 0.2) is 24.3 Å². The van der Waals surface area contributed by atoms with Gasteiger partial charge < -0.3 is 19.7 Å². The van der Waals surface area contributed by atoms with Crippen molar-refractivity contribution in [3.8, 4) is 5.75 Å². The second kappa shape index (κ2) is 11.2. The molecule has 0 radical (unpaired) electrons. The number of piperidine rings is 1. The highest BCUT2D eigenvalue weighted by atomic mass is 16.6. The van der Waals surface area contributed by atoms with Crippen LogP contribution < -0.4 is 20.9 Å². The number of likely N-dealkylation sites (tertiary alicyclic amines) is 1. The van der Waals surface area contributed by atoms with Crippen LogP contribution >= 0.6 is 0 Å². The van der Waals surface area contributed by atoms with E-state index < -0.39 is 0 Å². The molecule has 2 atom stereocenters. The van der Waals surface area contributed by atoms with E-state index in [1.807, 2.05) is 24.3 Å². The number of carbonyl (C=O) groups excluding carboxylic acids is 2. The van der Waals surface area contributed by atoms with Crippen LogP contribution in [0.1, 0.15) is 51.1 Å². The zero-order chi connectivity index (χ0) is 21.3. The van der Waals surface area contributed by atoms with Gasteiger partial charge in [0.25, 0.3) is 0 Å². The van der Waals surface area contributed by atoms with Crippen LogP contribution in [0.2, 0.25) is 0 Å². The third-order valence-corrected chi connectivity index (χ3v) is 5.69. The molecule has 3 rings (SSSR count). The Hall–Kier alpha value is -2.32. The van der Waals surface area contributed by atoms with Crippen molar-refractivity contribution in [3.05, 3.63) is 29.8 Å². The van der Waals surface area contributed by atoms with Gasteiger partial charge in [0.05, 0.1) is 25.2 Å². The fourth-order valence-electron chi connectivity index (χ4n) is 3.89. The molecular formula is C22H34N4O4. The number of nitrogens with zero attached hydrogens (tertiary/aromatic N) is 1. The van der Waals surface area contributed by atoms with Crippen molar-refractivity contribution in [1.29, 1.82) is 0 Å². The van der Waals surface area contributed by atoms with E-state index in [0.29, 0.717) is 26.2 Å². The summed E-state index contributed by atoms with van der Waals surface area (Å²) in [5, 5.41) is 3.18. The quantitative estimate of drug-likeness (QED) is 0.562. The normalized spacial score (nSPS) is 22.0. The molecule has 2 amide bonds. The van der Waals surface area contributed by atoms with Crippen molar-refractivity contribution in [1.82, 2.24) is 21.1 Å². The molecule has 0 aliphatic carbocycles. The maximum Gasteiger partial charge on any atom is 0.409 e. The molecule has 3 N–H and O–H groups in total. The van der Waals surface area contributed by atoms with Crippen LogP contribution in [0.4, 0.5) is 4.79 Å². The average Bonchev–Trinajstić information content (AvgIpc) is 3.25. The van der Waals surface area contributed by atoms with Gasteiger partial charge in [-0.25, -0.2) is 10.2 Å². The molecule has 1 aromatic rings. The van der Waals surface area contributed by atoms with E-state index in [-0.39, 0.29) is 30.0 Å². The van der Waals surface area contributed by atoms with Gasteiger partial charge in [0, 0.05) is 25.7 Å². The molecule has 0 spiro atoms. The number of nitrogens with one attached hydrogen (secondary N) is 3. The van der Waals surface area contributed by atoms with Crippen molar-refractivity contribution < 1.29 is 19.1 Å². The number of hydrogen-bond acceptors (Lipinski definition) is 6. The van der Waals surface area contributed by atoms with Crippen molar-refractivity contribution >= 4 is 12.0 Å². The van der Waals surface area contributed by atoms with Gasteiger partial charge in [-0.15, -0.1) is 0 Å². The molecule has 2 aliphatic rings. The monoisotopic (exact) mass is 418 g/mol. The van der Waals surface area contributed by atoms with Gasteiger partial charge >= 0.3 is 6.09 Å². The minimum Gasteiger partial charge on any atom is -0.494 e. The van der Waals surface area contributed by atoms with Gasteiger partial charge in [-0.1, -0.05) is 25.5 Å². The number of carbonyl (C=O) groups is 2. The number of hydrazine groups is 1. The van der Waals surface area contributed by atoms with Crippen molar-refractivity contribution in [2.75, 3.05) is 32.8 Å². The van der Waals surface area contributed by atoms with Gasteiger partial charge in [-0.3, -0.25) is 10.2 Å². The number of rotatable bonds is 8. The highest BCUT2D eigenvalue weighted by Crippen LogP contribution is 2.27. The number of hydrogen-bond donors (Lipinski definition) is 3. The third kappa shape index (κ3) is 5.86.